The number of hydrogen-bond donors (Lipinski definition) is 2. The summed E-state index contributed by atoms with van der Waals surface area (Å²) in [4.78, 5) is 11.6. The molecular formula is C10H13BrClIN2O2. The molecule has 0 aliphatic carbocycles. The highest BCUT2D eigenvalue weighted by molar-refractivity contribution is 14.1. The summed E-state index contributed by atoms with van der Waals surface area (Å²) in [5.74, 6) is -0.250. The SMILES string of the molecule is COCC(N)C(=O)Nc1ccc(Br)c(I)c1.Cl. The van der Waals surface area contributed by atoms with Crippen molar-refractivity contribution in [2.45, 2.75) is 6.04 Å². The van der Waals surface area contributed by atoms with E-state index in [2.05, 4.69) is 43.8 Å². The summed E-state index contributed by atoms with van der Waals surface area (Å²) >= 11 is 5.56. The summed E-state index contributed by atoms with van der Waals surface area (Å²) < 4.78 is 6.83. The van der Waals surface area contributed by atoms with Crippen molar-refractivity contribution in [1.29, 1.82) is 0 Å². The number of carbonyl (C=O) groups is 1. The first kappa shape index (κ1) is 17.1. The maximum atomic E-state index is 11.6. The molecule has 4 nitrogen and oxygen atoms in total. The van der Waals surface area contributed by atoms with Crippen molar-refractivity contribution in [2.24, 2.45) is 5.73 Å². The van der Waals surface area contributed by atoms with Gasteiger partial charge in [0.1, 0.15) is 6.04 Å². The number of methoxy groups -OCH3 is 1. The highest BCUT2D eigenvalue weighted by Gasteiger charge is 2.13. The lowest BCUT2D eigenvalue weighted by Crippen LogP contribution is -2.39. The zero-order chi connectivity index (χ0) is 12.1. The number of nitrogens with two attached hydrogens (primary N) is 1. The molecule has 1 aromatic carbocycles. The Morgan fingerprint density at radius 2 is 2.29 bits per heavy atom. The van der Waals surface area contributed by atoms with Gasteiger partial charge in [-0.05, 0) is 56.7 Å². The fraction of sp³-hybridized carbons (Fsp3) is 0.300. The quantitative estimate of drug-likeness (QED) is 0.714. The van der Waals surface area contributed by atoms with Gasteiger partial charge in [0, 0.05) is 20.8 Å². The van der Waals surface area contributed by atoms with Crippen LogP contribution in [0, 0.1) is 3.57 Å². The molecule has 0 radical (unpaired) electrons. The third-order valence-corrected chi connectivity index (χ3v) is 4.20. The highest BCUT2D eigenvalue weighted by Crippen LogP contribution is 2.22. The summed E-state index contributed by atoms with van der Waals surface area (Å²) in [6.45, 7) is 0.208. The Labute approximate surface area is 128 Å². The molecule has 17 heavy (non-hydrogen) atoms. The van der Waals surface area contributed by atoms with Gasteiger partial charge in [0.2, 0.25) is 5.91 Å². The van der Waals surface area contributed by atoms with Crippen molar-refractivity contribution in [2.75, 3.05) is 19.0 Å². The molecule has 3 N–H and O–H groups in total. The maximum absolute atomic E-state index is 11.6. The predicted octanol–water partition coefficient (Wildman–Crippen LogP) is 2.39. The van der Waals surface area contributed by atoms with E-state index in [1.807, 2.05) is 18.2 Å². The van der Waals surface area contributed by atoms with E-state index in [1.165, 1.54) is 7.11 Å². The Kier molecular flexibility index (Phi) is 8.31. The van der Waals surface area contributed by atoms with Gasteiger partial charge >= 0.3 is 0 Å². The number of rotatable bonds is 4. The lowest BCUT2D eigenvalue weighted by Gasteiger charge is -2.11. The number of nitrogens with one attached hydrogen (secondary N) is 1. The number of benzene rings is 1. The second kappa shape index (κ2) is 8.25. The van der Waals surface area contributed by atoms with Gasteiger partial charge in [-0.2, -0.15) is 0 Å². The molecule has 1 rings (SSSR count). The van der Waals surface area contributed by atoms with E-state index in [9.17, 15) is 4.79 Å². The molecule has 0 fully saturated rings. The van der Waals surface area contributed by atoms with Crippen LogP contribution in [0.25, 0.3) is 0 Å². The Hall–Kier alpha value is 0.110. The van der Waals surface area contributed by atoms with Crippen LogP contribution in [-0.4, -0.2) is 25.7 Å². The van der Waals surface area contributed by atoms with E-state index in [-0.39, 0.29) is 24.9 Å². The number of carbonyl (C=O) groups excluding carboxylic acids is 1. The monoisotopic (exact) mass is 434 g/mol. The lowest BCUT2D eigenvalue weighted by molar-refractivity contribution is -0.118. The fourth-order valence-electron chi connectivity index (χ4n) is 1.06. The van der Waals surface area contributed by atoms with Crippen molar-refractivity contribution >= 4 is 62.5 Å². The minimum Gasteiger partial charge on any atom is -0.383 e. The van der Waals surface area contributed by atoms with Crippen LogP contribution >= 0.6 is 50.9 Å². The van der Waals surface area contributed by atoms with E-state index in [1.54, 1.807) is 0 Å². The standard InChI is InChI=1S/C10H12BrIN2O2.ClH/c1-16-5-9(13)10(15)14-6-2-3-7(11)8(12)4-6;/h2-4,9H,5,13H2,1H3,(H,14,15);1H. The lowest BCUT2D eigenvalue weighted by atomic mass is 10.2. The largest absolute Gasteiger partial charge is 0.383 e. The number of ether oxygens (including phenoxy) is 1. The molecule has 0 spiro atoms. The third kappa shape index (κ3) is 5.52. The van der Waals surface area contributed by atoms with Crippen molar-refractivity contribution < 1.29 is 9.53 Å². The van der Waals surface area contributed by atoms with Gasteiger partial charge in [0.05, 0.1) is 6.61 Å². The number of halogens is 3. The van der Waals surface area contributed by atoms with Crippen molar-refractivity contribution in [1.82, 2.24) is 0 Å². The summed E-state index contributed by atoms with van der Waals surface area (Å²) in [7, 11) is 1.51. The van der Waals surface area contributed by atoms with Gasteiger partial charge < -0.3 is 15.8 Å². The molecule has 1 unspecified atom stereocenters. The van der Waals surface area contributed by atoms with Crippen LogP contribution in [0.2, 0.25) is 0 Å². The Morgan fingerprint density at radius 3 is 2.82 bits per heavy atom. The third-order valence-electron chi connectivity index (χ3n) is 1.87. The first-order valence-electron chi connectivity index (χ1n) is 4.55. The molecule has 0 aromatic heterocycles. The first-order chi connectivity index (χ1) is 7.54. The number of amides is 1. The molecule has 0 heterocycles. The Balaban J connectivity index is 0.00000256. The molecule has 0 aliphatic heterocycles. The van der Waals surface area contributed by atoms with E-state index in [4.69, 9.17) is 10.5 Å². The fourth-order valence-corrected chi connectivity index (χ4v) is 1.83. The Bertz CT molecular complexity index is 393. The van der Waals surface area contributed by atoms with Crippen molar-refractivity contribution in [3.8, 4) is 0 Å². The van der Waals surface area contributed by atoms with E-state index in [0.29, 0.717) is 0 Å². The minimum atomic E-state index is -0.647. The van der Waals surface area contributed by atoms with Gasteiger partial charge in [-0.25, -0.2) is 0 Å². The zero-order valence-corrected chi connectivity index (χ0v) is 13.6. The van der Waals surface area contributed by atoms with Crippen molar-refractivity contribution in [3.05, 3.63) is 26.2 Å². The molecule has 1 aromatic rings. The first-order valence-corrected chi connectivity index (χ1v) is 6.42. The van der Waals surface area contributed by atoms with E-state index < -0.39 is 6.04 Å². The van der Waals surface area contributed by atoms with Crippen LogP contribution < -0.4 is 11.1 Å². The van der Waals surface area contributed by atoms with Crippen LogP contribution in [-0.2, 0) is 9.53 Å². The summed E-state index contributed by atoms with van der Waals surface area (Å²) in [5.41, 5.74) is 6.32. The molecule has 96 valence electrons. The van der Waals surface area contributed by atoms with Crippen LogP contribution in [0.4, 0.5) is 5.69 Å². The minimum absolute atomic E-state index is 0. The molecular weight excluding hydrogens is 422 g/mol. The van der Waals surface area contributed by atoms with Gasteiger partial charge in [-0.15, -0.1) is 12.4 Å². The van der Waals surface area contributed by atoms with E-state index >= 15 is 0 Å². The van der Waals surface area contributed by atoms with Gasteiger partial charge in [0.25, 0.3) is 0 Å². The second-order valence-electron chi connectivity index (χ2n) is 3.18. The van der Waals surface area contributed by atoms with Gasteiger partial charge in [-0.1, -0.05) is 0 Å². The average molecular weight is 435 g/mol. The number of anilines is 1. The van der Waals surface area contributed by atoms with Crippen LogP contribution in [0.15, 0.2) is 22.7 Å². The molecule has 0 saturated carbocycles. The van der Waals surface area contributed by atoms with Crippen LogP contribution in [0.3, 0.4) is 0 Å². The summed E-state index contributed by atoms with van der Waals surface area (Å²) in [6, 6.07) is 4.90. The molecule has 1 atom stereocenters. The summed E-state index contributed by atoms with van der Waals surface area (Å²) in [5, 5.41) is 2.72. The number of hydrogen-bond acceptors (Lipinski definition) is 3. The predicted molar refractivity (Wildman–Crippen MR) is 82.6 cm³/mol. The zero-order valence-electron chi connectivity index (χ0n) is 9.07. The molecule has 0 aliphatic rings. The Morgan fingerprint density at radius 1 is 1.65 bits per heavy atom. The van der Waals surface area contributed by atoms with Crippen LogP contribution in [0.1, 0.15) is 0 Å². The van der Waals surface area contributed by atoms with E-state index in [0.717, 1.165) is 13.7 Å². The smallest absolute Gasteiger partial charge is 0.243 e. The molecule has 0 saturated heterocycles. The molecule has 0 bridgehead atoms. The van der Waals surface area contributed by atoms with Gasteiger partial charge in [0.15, 0.2) is 0 Å². The molecule has 7 heteroatoms. The summed E-state index contributed by atoms with van der Waals surface area (Å²) in [6.07, 6.45) is 0. The normalized spacial score (nSPS) is 11.5. The maximum Gasteiger partial charge on any atom is 0.243 e. The molecule has 1 amide bonds. The topological polar surface area (TPSA) is 64.3 Å². The average Bonchev–Trinajstić information content (AvgIpc) is 2.24. The van der Waals surface area contributed by atoms with Gasteiger partial charge in [-0.3, -0.25) is 4.79 Å². The second-order valence-corrected chi connectivity index (χ2v) is 5.20. The van der Waals surface area contributed by atoms with Crippen molar-refractivity contribution in [3.63, 3.8) is 0 Å². The van der Waals surface area contributed by atoms with Crippen LogP contribution in [0.5, 0.6) is 0 Å². The highest BCUT2D eigenvalue weighted by atomic mass is 127.